The molecule has 5 heteroatoms. The number of carbonyl (C=O) groups excluding carboxylic acids is 1. The van der Waals surface area contributed by atoms with E-state index >= 15 is 0 Å². The molecular weight excluding hydrogens is 206 g/mol. The Balaban J connectivity index is 2.95. The molecule has 4 nitrogen and oxygen atoms in total. The second-order valence-corrected chi connectivity index (χ2v) is 2.96. The van der Waals surface area contributed by atoms with Crippen LogP contribution in [0.25, 0.3) is 0 Å². The largest absolute Gasteiger partial charge is 0.465 e. The minimum Gasteiger partial charge on any atom is -0.465 e. The lowest BCUT2D eigenvalue weighted by Crippen LogP contribution is -2.05. The molecule has 1 aromatic rings. The first-order valence-electron chi connectivity index (χ1n) is 4.03. The Morgan fingerprint density at radius 2 is 2.36 bits per heavy atom. The molecule has 0 fully saturated rings. The molecule has 0 unspecified atom stereocenters. The molecule has 1 N–H and O–H groups in total. The highest BCUT2D eigenvalue weighted by atomic mass is 35.5. The van der Waals surface area contributed by atoms with E-state index in [4.69, 9.17) is 16.7 Å². The van der Waals surface area contributed by atoms with E-state index in [0.717, 1.165) is 0 Å². The fourth-order valence-corrected chi connectivity index (χ4v) is 1.24. The lowest BCUT2D eigenvalue weighted by atomic mass is 10.2. The number of ether oxygens (including phenoxy) is 1. The fourth-order valence-electron chi connectivity index (χ4n) is 0.988. The van der Waals surface area contributed by atoms with Gasteiger partial charge >= 0.3 is 5.97 Å². The number of methoxy groups -OCH3 is 1. The van der Waals surface area contributed by atoms with Crippen LogP contribution < -0.4 is 0 Å². The molecule has 0 spiro atoms. The summed E-state index contributed by atoms with van der Waals surface area (Å²) in [6.07, 6.45) is 0.418. The van der Waals surface area contributed by atoms with E-state index in [1.165, 1.54) is 13.2 Å². The van der Waals surface area contributed by atoms with Crippen LogP contribution in [0.4, 0.5) is 0 Å². The Bertz CT molecular complexity index is 341. The van der Waals surface area contributed by atoms with Crippen LogP contribution in [0.1, 0.15) is 16.1 Å². The highest BCUT2D eigenvalue weighted by molar-refractivity contribution is 6.32. The molecule has 0 saturated carbocycles. The minimum absolute atomic E-state index is 0.000893. The molecule has 0 aliphatic heterocycles. The van der Waals surface area contributed by atoms with E-state index in [-0.39, 0.29) is 17.3 Å². The Morgan fingerprint density at radius 3 is 2.86 bits per heavy atom. The second kappa shape index (κ2) is 4.93. The number of halogens is 1. The van der Waals surface area contributed by atoms with E-state index in [9.17, 15) is 4.79 Å². The van der Waals surface area contributed by atoms with Crippen molar-refractivity contribution in [2.45, 2.75) is 6.42 Å². The van der Waals surface area contributed by atoms with Crippen LogP contribution in [0.15, 0.2) is 12.1 Å². The summed E-state index contributed by atoms with van der Waals surface area (Å²) < 4.78 is 4.50. The molecule has 1 heterocycles. The first-order chi connectivity index (χ1) is 6.69. The maximum atomic E-state index is 11.1. The summed E-state index contributed by atoms with van der Waals surface area (Å²) in [5.74, 6) is -0.516. The van der Waals surface area contributed by atoms with Crippen molar-refractivity contribution in [2.24, 2.45) is 0 Å². The van der Waals surface area contributed by atoms with Crippen LogP contribution in [0.3, 0.4) is 0 Å². The average Bonchev–Trinajstić information content (AvgIpc) is 2.17. The molecule has 0 amide bonds. The SMILES string of the molecule is COC(=O)c1ccc(CCO)nc1Cl. The monoisotopic (exact) mass is 215 g/mol. The van der Waals surface area contributed by atoms with Gasteiger partial charge < -0.3 is 9.84 Å². The van der Waals surface area contributed by atoms with Crippen molar-refractivity contribution in [3.8, 4) is 0 Å². The third kappa shape index (κ3) is 2.43. The first kappa shape index (κ1) is 10.9. The molecule has 0 aliphatic carbocycles. The number of nitrogens with zero attached hydrogens (tertiary/aromatic N) is 1. The summed E-state index contributed by atoms with van der Waals surface area (Å²) >= 11 is 5.75. The third-order valence-corrected chi connectivity index (χ3v) is 1.97. The van der Waals surface area contributed by atoms with Gasteiger partial charge in [-0.3, -0.25) is 0 Å². The summed E-state index contributed by atoms with van der Waals surface area (Å²) in [5.41, 5.74) is 0.876. The van der Waals surface area contributed by atoms with Gasteiger partial charge in [-0.1, -0.05) is 11.6 Å². The molecule has 76 valence electrons. The van der Waals surface area contributed by atoms with Crippen molar-refractivity contribution in [1.82, 2.24) is 4.98 Å². The molecule has 0 atom stereocenters. The zero-order valence-corrected chi connectivity index (χ0v) is 8.41. The number of carbonyl (C=O) groups is 1. The maximum absolute atomic E-state index is 11.1. The van der Waals surface area contributed by atoms with Gasteiger partial charge in [-0.25, -0.2) is 9.78 Å². The normalized spacial score (nSPS) is 9.93. The maximum Gasteiger partial charge on any atom is 0.341 e. The number of rotatable bonds is 3. The van der Waals surface area contributed by atoms with E-state index in [2.05, 4.69) is 9.72 Å². The van der Waals surface area contributed by atoms with Crippen molar-refractivity contribution >= 4 is 17.6 Å². The van der Waals surface area contributed by atoms with Crippen LogP contribution in [-0.4, -0.2) is 29.8 Å². The van der Waals surface area contributed by atoms with Crippen molar-refractivity contribution in [3.63, 3.8) is 0 Å². The summed E-state index contributed by atoms with van der Waals surface area (Å²) in [5, 5.41) is 8.76. The molecule has 14 heavy (non-hydrogen) atoms. The number of aliphatic hydroxyl groups is 1. The number of hydrogen-bond acceptors (Lipinski definition) is 4. The van der Waals surface area contributed by atoms with Crippen LogP contribution >= 0.6 is 11.6 Å². The van der Waals surface area contributed by atoms with Crippen molar-refractivity contribution in [2.75, 3.05) is 13.7 Å². The molecular formula is C9H10ClNO3. The zero-order chi connectivity index (χ0) is 10.6. The predicted molar refractivity (Wildman–Crippen MR) is 51.4 cm³/mol. The number of aliphatic hydroxyl groups excluding tert-OH is 1. The summed E-state index contributed by atoms with van der Waals surface area (Å²) in [6, 6.07) is 3.17. The Morgan fingerprint density at radius 1 is 1.64 bits per heavy atom. The van der Waals surface area contributed by atoms with Gasteiger partial charge in [-0.05, 0) is 12.1 Å². The van der Waals surface area contributed by atoms with Crippen molar-refractivity contribution in [1.29, 1.82) is 0 Å². The summed E-state index contributed by atoms with van der Waals surface area (Å²) in [7, 11) is 1.28. The molecule has 0 saturated heterocycles. The van der Waals surface area contributed by atoms with Crippen molar-refractivity contribution < 1.29 is 14.6 Å². The van der Waals surface area contributed by atoms with Crippen LogP contribution in [0, 0.1) is 0 Å². The van der Waals surface area contributed by atoms with Gasteiger partial charge in [0.15, 0.2) is 0 Å². The smallest absolute Gasteiger partial charge is 0.341 e. The first-order valence-corrected chi connectivity index (χ1v) is 4.41. The predicted octanol–water partition coefficient (Wildman–Crippen LogP) is 1.06. The second-order valence-electron chi connectivity index (χ2n) is 2.61. The average molecular weight is 216 g/mol. The molecule has 1 aromatic heterocycles. The van der Waals surface area contributed by atoms with Crippen LogP contribution in [-0.2, 0) is 11.2 Å². The third-order valence-electron chi connectivity index (χ3n) is 1.68. The van der Waals surface area contributed by atoms with Gasteiger partial charge in [0.1, 0.15) is 5.15 Å². The van der Waals surface area contributed by atoms with Crippen molar-refractivity contribution in [3.05, 3.63) is 28.5 Å². The van der Waals surface area contributed by atoms with E-state index in [0.29, 0.717) is 12.1 Å². The van der Waals surface area contributed by atoms with E-state index in [1.54, 1.807) is 6.07 Å². The van der Waals surface area contributed by atoms with Gasteiger partial charge in [0, 0.05) is 18.7 Å². The van der Waals surface area contributed by atoms with Gasteiger partial charge in [0.2, 0.25) is 0 Å². The quantitative estimate of drug-likeness (QED) is 0.605. The molecule has 1 rings (SSSR count). The summed E-state index contributed by atoms with van der Waals surface area (Å²) in [6.45, 7) is 0.000893. The zero-order valence-electron chi connectivity index (χ0n) is 7.66. The summed E-state index contributed by atoms with van der Waals surface area (Å²) in [4.78, 5) is 15.0. The van der Waals surface area contributed by atoms with Crippen LogP contribution in [0.5, 0.6) is 0 Å². The molecule has 0 aromatic carbocycles. The lowest BCUT2D eigenvalue weighted by molar-refractivity contribution is 0.0600. The molecule has 0 aliphatic rings. The van der Waals surface area contributed by atoms with Gasteiger partial charge in [0.05, 0.1) is 12.7 Å². The van der Waals surface area contributed by atoms with Gasteiger partial charge in [-0.2, -0.15) is 0 Å². The highest BCUT2D eigenvalue weighted by Crippen LogP contribution is 2.14. The standard InChI is InChI=1S/C9H10ClNO3/c1-14-9(13)7-3-2-6(4-5-12)11-8(7)10/h2-3,12H,4-5H2,1H3. The minimum atomic E-state index is -0.516. The highest BCUT2D eigenvalue weighted by Gasteiger charge is 2.11. The number of esters is 1. The molecule has 0 bridgehead atoms. The molecule has 0 radical (unpaired) electrons. The van der Waals surface area contributed by atoms with E-state index < -0.39 is 5.97 Å². The van der Waals surface area contributed by atoms with Crippen LogP contribution in [0.2, 0.25) is 5.15 Å². The fraction of sp³-hybridized carbons (Fsp3) is 0.333. The number of aromatic nitrogens is 1. The van der Waals surface area contributed by atoms with Gasteiger partial charge in [0.25, 0.3) is 0 Å². The van der Waals surface area contributed by atoms with Gasteiger partial charge in [-0.15, -0.1) is 0 Å². The Labute approximate surface area is 86.5 Å². The van der Waals surface area contributed by atoms with E-state index in [1.807, 2.05) is 0 Å². The number of pyridine rings is 1. The Kier molecular flexibility index (Phi) is 3.85. The lowest BCUT2D eigenvalue weighted by Gasteiger charge is -2.03. The topological polar surface area (TPSA) is 59.4 Å². The Hall–Kier alpha value is -1.13. The number of hydrogen-bond donors (Lipinski definition) is 1.